The average Bonchev–Trinajstić information content (AvgIpc) is 3.41. The summed E-state index contributed by atoms with van der Waals surface area (Å²) in [5.41, 5.74) is 0.477. The van der Waals surface area contributed by atoms with Crippen LogP contribution >= 0.6 is 11.8 Å². The van der Waals surface area contributed by atoms with E-state index in [1.807, 2.05) is 6.07 Å². The molecule has 0 spiro atoms. The second-order valence-electron chi connectivity index (χ2n) is 7.01. The standard InChI is InChI=1S/C22H22N4O4S/c1-5-10-25-21(27)18-20(26(22(25)28)13-15-7-6-11-31-15)23-19(24(18)2)14-8-9-16(29-3)17(12-14)30-4/h1,7-9,12H,6,10-11,13H2,2-4H3. The molecule has 9 heteroatoms. The molecule has 0 unspecified atom stereocenters. The van der Waals surface area contributed by atoms with Crippen molar-refractivity contribution < 1.29 is 9.47 Å². The third-order valence-electron chi connectivity index (χ3n) is 5.22. The summed E-state index contributed by atoms with van der Waals surface area (Å²) in [4.78, 5) is 32.1. The van der Waals surface area contributed by atoms with E-state index in [4.69, 9.17) is 20.9 Å². The van der Waals surface area contributed by atoms with Crippen molar-refractivity contribution in [3.05, 3.63) is 50.0 Å². The molecule has 0 saturated carbocycles. The first kappa shape index (κ1) is 20.9. The molecule has 1 aliphatic heterocycles. The molecule has 3 heterocycles. The van der Waals surface area contributed by atoms with E-state index < -0.39 is 11.2 Å². The molecule has 0 radical (unpaired) electrons. The average molecular weight is 439 g/mol. The van der Waals surface area contributed by atoms with Gasteiger partial charge in [-0.2, -0.15) is 0 Å². The summed E-state index contributed by atoms with van der Waals surface area (Å²) in [6, 6.07) is 5.40. The summed E-state index contributed by atoms with van der Waals surface area (Å²) in [5, 5.41) is 0. The molecule has 0 fully saturated rings. The normalized spacial score (nSPS) is 13.3. The van der Waals surface area contributed by atoms with Crippen LogP contribution in [0.5, 0.6) is 11.5 Å². The summed E-state index contributed by atoms with van der Waals surface area (Å²) in [6.07, 6.45) is 8.50. The van der Waals surface area contributed by atoms with Crippen molar-refractivity contribution >= 4 is 22.9 Å². The number of thioether (sulfide) groups is 1. The van der Waals surface area contributed by atoms with Crippen LogP contribution < -0.4 is 20.7 Å². The molecule has 1 aromatic carbocycles. The van der Waals surface area contributed by atoms with Crippen molar-refractivity contribution in [2.75, 3.05) is 20.0 Å². The lowest BCUT2D eigenvalue weighted by molar-refractivity contribution is 0.355. The number of methoxy groups -OCH3 is 2. The molecule has 0 atom stereocenters. The second-order valence-corrected chi connectivity index (χ2v) is 8.23. The third kappa shape index (κ3) is 3.53. The van der Waals surface area contributed by atoms with Crippen LogP contribution in [0.1, 0.15) is 6.42 Å². The number of fused-ring (bicyclic) bond motifs is 1. The van der Waals surface area contributed by atoms with Crippen LogP contribution in [-0.4, -0.2) is 38.7 Å². The Morgan fingerprint density at radius 2 is 1.97 bits per heavy atom. The lowest BCUT2D eigenvalue weighted by Gasteiger charge is -2.10. The Bertz CT molecular complexity index is 1360. The van der Waals surface area contributed by atoms with Crippen LogP contribution in [0.25, 0.3) is 22.6 Å². The van der Waals surface area contributed by atoms with E-state index >= 15 is 0 Å². The maximum Gasteiger partial charge on any atom is 0.333 e. The molecule has 4 rings (SSSR count). The van der Waals surface area contributed by atoms with Crippen LogP contribution in [0.3, 0.4) is 0 Å². The van der Waals surface area contributed by atoms with Gasteiger partial charge in [-0.1, -0.05) is 12.0 Å². The maximum atomic E-state index is 13.1. The number of imidazole rings is 1. The molecular formula is C22H22N4O4S. The third-order valence-corrected chi connectivity index (χ3v) is 6.33. The highest BCUT2D eigenvalue weighted by molar-refractivity contribution is 8.03. The number of allylic oxidation sites excluding steroid dienone is 2. The van der Waals surface area contributed by atoms with E-state index in [2.05, 4.69) is 12.0 Å². The lowest BCUT2D eigenvalue weighted by Crippen LogP contribution is -2.40. The van der Waals surface area contributed by atoms with Gasteiger partial charge in [0.25, 0.3) is 5.56 Å². The number of hydrogen-bond donors (Lipinski definition) is 0. The summed E-state index contributed by atoms with van der Waals surface area (Å²) in [7, 11) is 4.87. The van der Waals surface area contributed by atoms with Crippen molar-refractivity contribution in [1.82, 2.24) is 18.7 Å². The number of terminal acetylenes is 1. The molecule has 160 valence electrons. The van der Waals surface area contributed by atoms with Gasteiger partial charge in [0.15, 0.2) is 22.7 Å². The molecule has 0 bridgehead atoms. The number of ether oxygens (including phenoxy) is 2. The quantitative estimate of drug-likeness (QED) is 0.549. The predicted octanol–water partition coefficient (Wildman–Crippen LogP) is 2.23. The lowest BCUT2D eigenvalue weighted by atomic mass is 10.2. The zero-order valence-corrected chi connectivity index (χ0v) is 18.4. The Labute approximate surface area is 183 Å². The van der Waals surface area contributed by atoms with Crippen LogP contribution in [0.15, 0.2) is 38.8 Å². The highest BCUT2D eigenvalue weighted by atomic mass is 32.2. The first-order valence-electron chi connectivity index (χ1n) is 9.68. The molecule has 3 aromatic rings. The Hall–Kier alpha value is -3.38. The second kappa shape index (κ2) is 8.40. The minimum Gasteiger partial charge on any atom is -0.493 e. The first-order chi connectivity index (χ1) is 15.0. The van der Waals surface area contributed by atoms with Gasteiger partial charge in [0.2, 0.25) is 0 Å². The highest BCUT2D eigenvalue weighted by Gasteiger charge is 2.22. The van der Waals surface area contributed by atoms with Crippen molar-refractivity contribution in [2.24, 2.45) is 7.05 Å². The van der Waals surface area contributed by atoms with Crippen molar-refractivity contribution in [3.63, 3.8) is 0 Å². The summed E-state index contributed by atoms with van der Waals surface area (Å²) in [5.74, 6) is 5.05. The van der Waals surface area contributed by atoms with Gasteiger partial charge in [-0.3, -0.25) is 9.36 Å². The topological polar surface area (TPSA) is 80.3 Å². The Morgan fingerprint density at radius 1 is 1.19 bits per heavy atom. The molecule has 0 amide bonds. The van der Waals surface area contributed by atoms with Crippen molar-refractivity contribution in [3.8, 4) is 35.2 Å². The number of nitrogens with zero attached hydrogens (tertiary/aromatic N) is 4. The fourth-order valence-electron chi connectivity index (χ4n) is 3.70. The van der Waals surface area contributed by atoms with Crippen LogP contribution in [0, 0.1) is 12.3 Å². The minimum absolute atomic E-state index is 0.101. The molecule has 0 N–H and O–H groups in total. The van der Waals surface area contributed by atoms with Crippen LogP contribution in [-0.2, 0) is 20.1 Å². The van der Waals surface area contributed by atoms with Gasteiger partial charge >= 0.3 is 5.69 Å². The molecule has 0 saturated heterocycles. The fraction of sp³-hybridized carbons (Fsp3) is 0.318. The maximum absolute atomic E-state index is 13.1. The monoisotopic (exact) mass is 438 g/mol. The van der Waals surface area contributed by atoms with E-state index in [9.17, 15) is 9.59 Å². The van der Waals surface area contributed by atoms with Gasteiger partial charge < -0.3 is 14.0 Å². The number of aryl methyl sites for hydroxylation is 1. The fourth-order valence-corrected chi connectivity index (χ4v) is 4.66. The van der Waals surface area contributed by atoms with E-state index in [1.165, 1.54) is 4.57 Å². The summed E-state index contributed by atoms with van der Waals surface area (Å²) < 4.78 is 15.0. The van der Waals surface area contributed by atoms with Gasteiger partial charge in [-0.25, -0.2) is 14.3 Å². The zero-order chi connectivity index (χ0) is 22.1. The SMILES string of the molecule is C#CCn1c(=O)c2c(nc(-c3ccc(OC)c(OC)c3)n2C)n(CC2=CCCS2)c1=O. The molecule has 0 aliphatic carbocycles. The van der Waals surface area contributed by atoms with Gasteiger partial charge in [-0.05, 0) is 24.6 Å². The van der Waals surface area contributed by atoms with Gasteiger partial charge in [0.1, 0.15) is 5.82 Å². The Kier molecular flexibility index (Phi) is 5.65. The van der Waals surface area contributed by atoms with E-state index in [-0.39, 0.29) is 6.54 Å². The molecule has 2 aromatic heterocycles. The van der Waals surface area contributed by atoms with E-state index in [0.29, 0.717) is 35.0 Å². The van der Waals surface area contributed by atoms with Gasteiger partial charge in [0.05, 0.1) is 27.3 Å². The predicted molar refractivity (Wildman–Crippen MR) is 122 cm³/mol. The summed E-state index contributed by atoms with van der Waals surface area (Å²) >= 11 is 1.70. The van der Waals surface area contributed by atoms with Crippen molar-refractivity contribution in [1.29, 1.82) is 0 Å². The highest BCUT2D eigenvalue weighted by Crippen LogP contribution is 2.33. The Balaban J connectivity index is 1.99. The van der Waals surface area contributed by atoms with Gasteiger partial charge in [-0.15, -0.1) is 18.2 Å². The van der Waals surface area contributed by atoms with E-state index in [1.54, 1.807) is 49.7 Å². The van der Waals surface area contributed by atoms with Crippen LogP contribution in [0.4, 0.5) is 0 Å². The largest absolute Gasteiger partial charge is 0.493 e. The Morgan fingerprint density at radius 3 is 2.61 bits per heavy atom. The number of hydrogen-bond acceptors (Lipinski definition) is 6. The summed E-state index contributed by atoms with van der Waals surface area (Å²) in [6.45, 7) is 0.254. The van der Waals surface area contributed by atoms with E-state index in [0.717, 1.165) is 27.2 Å². The number of rotatable bonds is 6. The zero-order valence-electron chi connectivity index (χ0n) is 17.5. The van der Waals surface area contributed by atoms with Crippen LogP contribution in [0.2, 0.25) is 0 Å². The molecule has 31 heavy (non-hydrogen) atoms. The minimum atomic E-state index is -0.458. The number of benzene rings is 1. The molecular weight excluding hydrogens is 416 g/mol. The van der Waals surface area contributed by atoms with Gasteiger partial charge in [0, 0.05) is 23.3 Å². The van der Waals surface area contributed by atoms with Crippen molar-refractivity contribution in [2.45, 2.75) is 19.5 Å². The molecule has 8 nitrogen and oxygen atoms in total. The first-order valence-corrected chi connectivity index (χ1v) is 10.7. The number of aromatic nitrogens is 4. The molecule has 1 aliphatic rings. The smallest absolute Gasteiger partial charge is 0.333 e.